The molecule has 0 saturated carbocycles. The Labute approximate surface area is 106 Å². The molecule has 1 aromatic carbocycles. The monoisotopic (exact) mass is 260 g/mol. The van der Waals surface area contributed by atoms with Gasteiger partial charge in [0.1, 0.15) is 0 Å². The van der Waals surface area contributed by atoms with Gasteiger partial charge in [0.05, 0.1) is 10.0 Å². The number of hydrogen-bond donors (Lipinski definition) is 0. The predicted molar refractivity (Wildman–Crippen MR) is 66.5 cm³/mol. The van der Waals surface area contributed by atoms with Crippen molar-refractivity contribution in [2.24, 2.45) is 0 Å². The van der Waals surface area contributed by atoms with Crippen LogP contribution in [0.15, 0.2) is 18.2 Å². The zero-order valence-corrected chi connectivity index (χ0v) is 10.6. The molecule has 2 nitrogen and oxygen atoms in total. The largest absolute Gasteiger partial charge is 0.385 e. The molecule has 0 radical (unpaired) electrons. The molecular weight excluding hydrogens is 247 g/mol. The fourth-order valence-electron chi connectivity index (χ4n) is 1.35. The summed E-state index contributed by atoms with van der Waals surface area (Å²) >= 11 is 11.6. The molecule has 0 N–H and O–H groups in total. The van der Waals surface area contributed by atoms with Gasteiger partial charge in [-0.3, -0.25) is 4.79 Å². The van der Waals surface area contributed by atoms with Crippen molar-refractivity contribution in [3.8, 4) is 0 Å². The van der Waals surface area contributed by atoms with Crippen LogP contribution in [-0.4, -0.2) is 19.5 Å². The van der Waals surface area contributed by atoms with Crippen LogP contribution in [0.1, 0.15) is 29.6 Å². The Bertz CT molecular complexity index is 364. The van der Waals surface area contributed by atoms with Crippen LogP contribution in [0.25, 0.3) is 0 Å². The van der Waals surface area contributed by atoms with Gasteiger partial charge in [-0.25, -0.2) is 0 Å². The molecule has 0 unspecified atom stereocenters. The highest BCUT2D eigenvalue weighted by atomic mass is 35.5. The first-order valence-corrected chi connectivity index (χ1v) is 5.88. The molecule has 4 heteroatoms. The van der Waals surface area contributed by atoms with Gasteiger partial charge >= 0.3 is 0 Å². The zero-order valence-electron chi connectivity index (χ0n) is 9.13. The third kappa shape index (κ3) is 4.12. The first-order valence-electron chi connectivity index (χ1n) is 5.12. The Morgan fingerprint density at radius 3 is 2.62 bits per heavy atom. The lowest BCUT2D eigenvalue weighted by atomic mass is 10.1. The Hall–Kier alpha value is -0.570. The van der Waals surface area contributed by atoms with Crippen LogP contribution in [0.5, 0.6) is 0 Å². The molecule has 16 heavy (non-hydrogen) atoms. The maximum Gasteiger partial charge on any atom is 0.162 e. The minimum atomic E-state index is 0.0923. The highest BCUT2D eigenvalue weighted by Gasteiger charge is 2.07. The van der Waals surface area contributed by atoms with Crippen molar-refractivity contribution in [1.29, 1.82) is 0 Å². The number of ketones is 1. The van der Waals surface area contributed by atoms with E-state index < -0.39 is 0 Å². The number of hydrogen-bond acceptors (Lipinski definition) is 2. The lowest BCUT2D eigenvalue weighted by Crippen LogP contribution is -2.00. The predicted octanol–water partition coefficient (Wildman–Crippen LogP) is 3.99. The van der Waals surface area contributed by atoms with Gasteiger partial charge in [-0.2, -0.15) is 0 Å². The van der Waals surface area contributed by atoms with Crippen molar-refractivity contribution in [1.82, 2.24) is 0 Å². The molecule has 88 valence electrons. The number of carbonyl (C=O) groups excluding carboxylic acids is 1. The standard InChI is InChI=1S/C12H14Cl2O2/c1-16-7-3-2-4-12(15)9-5-6-10(13)11(14)8-9/h5-6,8H,2-4,7H2,1H3. The Morgan fingerprint density at radius 1 is 1.25 bits per heavy atom. The van der Waals surface area contributed by atoms with Crippen molar-refractivity contribution < 1.29 is 9.53 Å². The Kier molecular flexibility index (Phi) is 5.81. The zero-order chi connectivity index (χ0) is 12.0. The summed E-state index contributed by atoms with van der Waals surface area (Å²) < 4.78 is 4.91. The molecule has 0 aliphatic rings. The Morgan fingerprint density at radius 2 is 2.00 bits per heavy atom. The number of unbranched alkanes of at least 4 members (excludes halogenated alkanes) is 1. The summed E-state index contributed by atoms with van der Waals surface area (Å²) in [6.07, 6.45) is 2.23. The van der Waals surface area contributed by atoms with Gasteiger partial charge in [0.15, 0.2) is 5.78 Å². The Balaban J connectivity index is 2.50. The number of Topliss-reactive ketones (excluding diaryl/α,β-unsaturated/α-hetero) is 1. The normalized spacial score (nSPS) is 10.4. The molecular formula is C12H14Cl2O2. The first-order chi connectivity index (χ1) is 7.65. The van der Waals surface area contributed by atoms with Gasteiger partial charge in [0.25, 0.3) is 0 Å². The van der Waals surface area contributed by atoms with Crippen LogP contribution in [-0.2, 0) is 4.74 Å². The van der Waals surface area contributed by atoms with E-state index in [9.17, 15) is 4.79 Å². The highest BCUT2D eigenvalue weighted by molar-refractivity contribution is 6.42. The van der Waals surface area contributed by atoms with E-state index in [1.165, 1.54) is 0 Å². The van der Waals surface area contributed by atoms with E-state index in [2.05, 4.69) is 0 Å². The molecule has 0 bridgehead atoms. The van der Waals surface area contributed by atoms with Gasteiger partial charge in [-0.05, 0) is 31.0 Å². The first kappa shape index (κ1) is 13.5. The van der Waals surface area contributed by atoms with E-state index in [4.69, 9.17) is 27.9 Å². The molecule has 0 saturated heterocycles. The van der Waals surface area contributed by atoms with Gasteiger partial charge in [-0.15, -0.1) is 0 Å². The third-order valence-corrected chi connectivity index (χ3v) is 2.98. The quantitative estimate of drug-likeness (QED) is 0.571. The van der Waals surface area contributed by atoms with Crippen LogP contribution in [0.2, 0.25) is 10.0 Å². The van der Waals surface area contributed by atoms with E-state index in [0.29, 0.717) is 28.6 Å². The van der Waals surface area contributed by atoms with E-state index in [1.807, 2.05) is 0 Å². The molecule has 0 aromatic heterocycles. The SMILES string of the molecule is COCCCCC(=O)c1ccc(Cl)c(Cl)c1. The second kappa shape index (κ2) is 6.89. The van der Waals surface area contributed by atoms with Crippen molar-refractivity contribution in [3.05, 3.63) is 33.8 Å². The van der Waals surface area contributed by atoms with Gasteiger partial charge < -0.3 is 4.74 Å². The fraction of sp³-hybridized carbons (Fsp3) is 0.417. The minimum Gasteiger partial charge on any atom is -0.385 e. The molecule has 0 amide bonds. The number of carbonyl (C=O) groups is 1. The van der Waals surface area contributed by atoms with Crippen molar-refractivity contribution >= 4 is 29.0 Å². The van der Waals surface area contributed by atoms with E-state index in [0.717, 1.165) is 12.8 Å². The van der Waals surface area contributed by atoms with E-state index >= 15 is 0 Å². The molecule has 0 heterocycles. The summed E-state index contributed by atoms with van der Waals surface area (Å²) in [5.74, 6) is 0.0923. The lowest BCUT2D eigenvalue weighted by Gasteiger charge is -2.02. The van der Waals surface area contributed by atoms with Crippen molar-refractivity contribution in [3.63, 3.8) is 0 Å². The highest BCUT2D eigenvalue weighted by Crippen LogP contribution is 2.23. The molecule has 1 aromatic rings. The number of rotatable bonds is 6. The third-order valence-electron chi connectivity index (χ3n) is 2.24. The number of halogens is 2. The number of benzene rings is 1. The van der Waals surface area contributed by atoms with Crippen LogP contribution >= 0.6 is 23.2 Å². The van der Waals surface area contributed by atoms with Crippen molar-refractivity contribution in [2.75, 3.05) is 13.7 Å². The topological polar surface area (TPSA) is 26.3 Å². The maximum absolute atomic E-state index is 11.7. The summed E-state index contributed by atoms with van der Waals surface area (Å²) in [6.45, 7) is 0.689. The lowest BCUT2D eigenvalue weighted by molar-refractivity contribution is 0.0975. The van der Waals surface area contributed by atoms with Crippen LogP contribution in [0, 0.1) is 0 Å². The molecule has 0 atom stereocenters. The summed E-state index contributed by atoms with van der Waals surface area (Å²) in [5, 5.41) is 0.891. The van der Waals surface area contributed by atoms with E-state index in [1.54, 1.807) is 25.3 Å². The summed E-state index contributed by atoms with van der Waals surface area (Å²) in [6, 6.07) is 4.96. The number of ether oxygens (including phenoxy) is 1. The summed E-state index contributed by atoms with van der Waals surface area (Å²) in [5.41, 5.74) is 0.617. The van der Waals surface area contributed by atoms with Crippen LogP contribution in [0.3, 0.4) is 0 Å². The van der Waals surface area contributed by atoms with Gasteiger partial charge in [0, 0.05) is 25.7 Å². The maximum atomic E-state index is 11.7. The van der Waals surface area contributed by atoms with E-state index in [-0.39, 0.29) is 5.78 Å². The fourth-order valence-corrected chi connectivity index (χ4v) is 1.64. The smallest absolute Gasteiger partial charge is 0.162 e. The average molecular weight is 261 g/mol. The van der Waals surface area contributed by atoms with Crippen LogP contribution in [0.4, 0.5) is 0 Å². The second-order valence-corrected chi connectivity index (χ2v) is 4.32. The van der Waals surface area contributed by atoms with Crippen molar-refractivity contribution in [2.45, 2.75) is 19.3 Å². The molecule has 1 rings (SSSR count). The molecule has 0 spiro atoms. The molecule has 0 fully saturated rings. The average Bonchev–Trinajstić information content (AvgIpc) is 2.28. The second-order valence-electron chi connectivity index (χ2n) is 3.50. The minimum absolute atomic E-state index is 0.0923. The summed E-state index contributed by atoms with van der Waals surface area (Å²) in [7, 11) is 1.65. The van der Waals surface area contributed by atoms with Gasteiger partial charge in [0.2, 0.25) is 0 Å². The molecule has 0 aliphatic carbocycles. The van der Waals surface area contributed by atoms with Crippen LogP contribution < -0.4 is 0 Å². The van der Waals surface area contributed by atoms with Gasteiger partial charge in [-0.1, -0.05) is 23.2 Å². The number of methoxy groups -OCH3 is 1. The molecule has 0 aliphatic heterocycles. The summed E-state index contributed by atoms with van der Waals surface area (Å²) in [4.78, 5) is 11.7.